The Labute approximate surface area is 125 Å². The van der Waals surface area contributed by atoms with Crippen molar-refractivity contribution in [3.63, 3.8) is 0 Å². The molecule has 0 aliphatic heterocycles. The molecule has 0 saturated heterocycles. The summed E-state index contributed by atoms with van der Waals surface area (Å²) >= 11 is 0. The van der Waals surface area contributed by atoms with Gasteiger partial charge in [0.1, 0.15) is 0 Å². The molecule has 0 radical (unpaired) electrons. The molecular weight excluding hydrogens is 242 g/mol. The van der Waals surface area contributed by atoms with Gasteiger partial charge in [0.15, 0.2) is 0 Å². The summed E-state index contributed by atoms with van der Waals surface area (Å²) in [6.07, 6.45) is 1.17. The van der Waals surface area contributed by atoms with Crippen LogP contribution in [0.3, 0.4) is 0 Å². The van der Waals surface area contributed by atoms with Crippen LogP contribution in [-0.4, -0.2) is 12.1 Å². The van der Waals surface area contributed by atoms with Crippen LogP contribution in [0.25, 0.3) is 0 Å². The highest BCUT2D eigenvalue weighted by molar-refractivity contribution is 5.24. The predicted molar refractivity (Wildman–Crippen MR) is 88.0 cm³/mol. The zero-order valence-electron chi connectivity index (χ0n) is 14.2. The lowest BCUT2D eigenvalue weighted by atomic mass is 9.79. The highest BCUT2D eigenvalue weighted by Gasteiger charge is 2.64. The monoisotopic (exact) mass is 273 g/mol. The second-order valence-corrected chi connectivity index (χ2v) is 8.40. The molecule has 1 atom stereocenters. The van der Waals surface area contributed by atoms with E-state index in [0.717, 1.165) is 0 Å². The maximum atomic E-state index is 3.86. The number of hydrogen-bond acceptors (Lipinski definition) is 1. The standard InChI is InChI=1S/C19H31N/c1-14(20-16-18(4,5)19(16,6)7)13-17(2,3)15-11-9-8-10-12-15/h8-12,14,16,20H,13H2,1-7H3. The first-order valence-electron chi connectivity index (χ1n) is 7.90. The van der Waals surface area contributed by atoms with Crippen molar-refractivity contribution in [1.29, 1.82) is 0 Å². The van der Waals surface area contributed by atoms with E-state index in [-0.39, 0.29) is 5.41 Å². The minimum absolute atomic E-state index is 0.219. The van der Waals surface area contributed by atoms with Crippen LogP contribution in [0.1, 0.15) is 60.5 Å². The van der Waals surface area contributed by atoms with Crippen LogP contribution in [0.5, 0.6) is 0 Å². The fourth-order valence-corrected chi connectivity index (χ4v) is 3.73. The van der Waals surface area contributed by atoms with Crippen LogP contribution in [0.15, 0.2) is 30.3 Å². The third-order valence-corrected chi connectivity index (χ3v) is 5.84. The average Bonchev–Trinajstić information content (AvgIpc) is 2.72. The van der Waals surface area contributed by atoms with Gasteiger partial charge in [-0.15, -0.1) is 0 Å². The molecule has 0 heterocycles. The summed E-state index contributed by atoms with van der Waals surface area (Å²) in [7, 11) is 0. The van der Waals surface area contributed by atoms with E-state index >= 15 is 0 Å². The van der Waals surface area contributed by atoms with Gasteiger partial charge in [0.05, 0.1) is 0 Å². The van der Waals surface area contributed by atoms with Gasteiger partial charge in [0, 0.05) is 12.1 Å². The van der Waals surface area contributed by atoms with E-state index in [9.17, 15) is 0 Å². The van der Waals surface area contributed by atoms with Gasteiger partial charge in [-0.1, -0.05) is 71.9 Å². The van der Waals surface area contributed by atoms with Crippen molar-refractivity contribution >= 4 is 0 Å². The molecule has 0 spiro atoms. The number of nitrogens with one attached hydrogen (secondary N) is 1. The molecule has 1 fully saturated rings. The van der Waals surface area contributed by atoms with E-state index < -0.39 is 0 Å². The van der Waals surface area contributed by atoms with Crippen LogP contribution < -0.4 is 5.32 Å². The summed E-state index contributed by atoms with van der Waals surface area (Å²) in [5, 5.41) is 3.86. The molecule has 1 aromatic carbocycles. The highest BCUT2D eigenvalue weighted by atomic mass is 15.1. The van der Waals surface area contributed by atoms with Crippen LogP contribution >= 0.6 is 0 Å². The minimum atomic E-state index is 0.219. The van der Waals surface area contributed by atoms with Gasteiger partial charge in [0.2, 0.25) is 0 Å². The Morgan fingerprint density at radius 2 is 1.55 bits per heavy atom. The predicted octanol–water partition coefficient (Wildman–Crippen LogP) is 4.77. The largest absolute Gasteiger partial charge is 0.310 e. The van der Waals surface area contributed by atoms with Crippen molar-refractivity contribution in [2.45, 2.75) is 72.4 Å². The summed E-state index contributed by atoms with van der Waals surface area (Å²) in [6, 6.07) is 12.0. The molecule has 1 aliphatic rings. The van der Waals surface area contributed by atoms with Gasteiger partial charge >= 0.3 is 0 Å². The van der Waals surface area contributed by atoms with Crippen molar-refractivity contribution in [2.24, 2.45) is 10.8 Å². The van der Waals surface area contributed by atoms with Crippen LogP contribution in [0.4, 0.5) is 0 Å². The Balaban J connectivity index is 1.97. The lowest BCUT2D eigenvalue weighted by Gasteiger charge is -2.29. The summed E-state index contributed by atoms with van der Waals surface area (Å²) in [5.74, 6) is 0. The zero-order valence-corrected chi connectivity index (χ0v) is 14.2. The Kier molecular flexibility index (Phi) is 3.79. The molecule has 1 aliphatic carbocycles. The average molecular weight is 273 g/mol. The molecule has 1 nitrogen and oxygen atoms in total. The zero-order chi connectivity index (χ0) is 15.2. The SMILES string of the molecule is CC(CC(C)(C)c1ccccc1)NC1C(C)(C)C1(C)C. The molecule has 1 saturated carbocycles. The lowest BCUT2D eigenvalue weighted by molar-refractivity contribution is 0.370. The van der Waals surface area contributed by atoms with Crippen LogP contribution in [0.2, 0.25) is 0 Å². The van der Waals surface area contributed by atoms with E-state index in [1.165, 1.54) is 12.0 Å². The maximum Gasteiger partial charge on any atom is 0.0183 e. The number of rotatable bonds is 5. The van der Waals surface area contributed by atoms with Crippen LogP contribution in [0, 0.1) is 10.8 Å². The molecule has 0 aromatic heterocycles. The fourth-order valence-electron chi connectivity index (χ4n) is 3.73. The molecule has 20 heavy (non-hydrogen) atoms. The molecular formula is C19H31N. The number of hydrogen-bond donors (Lipinski definition) is 1. The third kappa shape index (κ3) is 2.65. The Morgan fingerprint density at radius 1 is 1.05 bits per heavy atom. The van der Waals surface area contributed by atoms with E-state index in [2.05, 4.69) is 84.1 Å². The summed E-state index contributed by atoms with van der Waals surface area (Å²) in [6.45, 7) is 16.5. The minimum Gasteiger partial charge on any atom is -0.310 e. The Morgan fingerprint density at radius 3 is 2.00 bits per heavy atom. The van der Waals surface area contributed by atoms with Gasteiger partial charge in [-0.2, -0.15) is 0 Å². The van der Waals surface area contributed by atoms with Crippen molar-refractivity contribution in [2.75, 3.05) is 0 Å². The first-order chi connectivity index (χ1) is 9.09. The third-order valence-electron chi connectivity index (χ3n) is 5.84. The summed E-state index contributed by atoms with van der Waals surface area (Å²) < 4.78 is 0. The molecule has 1 heteroatoms. The second kappa shape index (κ2) is 4.87. The van der Waals surface area contributed by atoms with E-state index in [1.807, 2.05) is 0 Å². The molecule has 0 amide bonds. The van der Waals surface area contributed by atoms with Gasteiger partial charge in [-0.3, -0.25) is 0 Å². The molecule has 1 aromatic rings. The molecule has 1 N–H and O–H groups in total. The Bertz CT molecular complexity index is 442. The quantitative estimate of drug-likeness (QED) is 0.815. The van der Waals surface area contributed by atoms with Crippen LogP contribution in [-0.2, 0) is 5.41 Å². The van der Waals surface area contributed by atoms with E-state index in [1.54, 1.807) is 0 Å². The van der Waals surface area contributed by atoms with E-state index in [4.69, 9.17) is 0 Å². The summed E-state index contributed by atoms with van der Waals surface area (Å²) in [4.78, 5) is 0. The van der Waals surface area contributed by atoms with Crippen molar-refractivity contribution in [3.8, 4) is 0 Å². The lowest BCUT2D eigenvalue weighted by Crippen LogP contribution is -2.36. The molecule has 1 unspecified atom stereocenters. The fraction of sp³-hybridized carbons (Fsp3) is 0.684. The molecule has 2 rings (SSSR count). The van der Waals surface area contributed by atoms with Crippen molar-refractivity contribution < 1.29 is 0 Å². The first kappa shape index (κ1) is 15.6. The van der Waals surface area contributed by atoms with Gasteiger partial charge in [-0.25, -0.2) is 0 Å². The van der Waals surface area contributed by atoms with Gasteiger partial charge in [-0.05, 0) is 35.2 Å². The van der Waals surface area contributed by atoms with Crippen molar-refractivity contribution in [3.05, 3.63) is 35.9 Å². The number of benzene rings is 1. The first-order valence-corrected chi connectivity index (χ1v) is 7.90. The second-order valence-electron chi connectivity index (χ2n) is 8.40. The summed E-state index contributed by atoms with van der Waals surface area (Å²) in [5.41, 5.74) is 2.48. The van der Waals surface area contributed by atoms with Crippen molar-refractivity contribution in [1.82, 2.24) is 5.32 Å². The van der Waals surface area contributed by atoms with Gasteiger partial charge < -0.3 is 5.32 Å². The topological polar surface area (TPSA) is 12.0 Å². The Hall–Kier alpha value is -0.820. The molecule has 0 bridgehead atoms. The smallest absolute Gasteiger partial charge is 0.0183 e. The molecule has 112 valence electrons. The van der Waals surface area contributed by atoms with E-state index in [0.29, 0.717) is 22.9 Å². The highest BCUT2D eigenvalue weighted by Crippen LogP contribution is 2.62. The normalized spacial score (nSPS) is 22.6. The maximum absolute atomic E-state index is 3.86. The van der Waals surface area contributed by atoms with Gasteiger partial charge in [0.25, 0.3) is 0 Å².